The van der Waals surface area contributed by atoms with Crippen LogP contribution in [0.5, 0.6) is 0 Å². The summed E-state index contributed by atoms with van der Waals surface area (Å²) in [7, 11) is 0. The number of amides is 1. The quantitative estimate of drug-likeness (QED) is 0.801. The maximum absolute atomic E-state index is 13.2. The Kier molecular flexibility index (Phi) is 3.35. The Morgan fingerprint density at radius 1 is 1.29 bits per heavy atom. The fourth-order valence-electron chi connectivity index (χ4n) is 2.10. The van der Waals surface area contributed by atoms with Crippen molar-refractivity contribution < 1.29 is 9.18 Å². The summed E-state index contributed by atoms with van der Waals surface area (Å²) in [4.78, 5) is 12.1. The van der Waals surface area contributed by atoms with Gasteiger partial charge in [-0.25, -0.2) is 4.39 Å². The molecular weight excluding hydrogens is 271 g/mol. The highest BCUT2D eigenvalue weighted by molar-refractivity contribution is 5.95. The molecule has 0 aliphatic carbocycles. The highest BCUT2D eigenvalue weighted by atomic mass is 19.1. The van der Waals surface area contributed by atoms with Crippen molar-refractivity contribution in [1.82, 2.24) is 19.9 Å². The molecule has 1 amide bonds. The van der Waals surface area contributed by atoms with E-state index in [0.29, 0.717) is 17.0 Å². The summed E-state index contributed by atoms with van der Waals surface area (Å²) in [5.74, 6) is -0.147. The number of hydrogen-bond donors (Lipinski definition) is 1. The molecule has 3 rings (SSSR count). The van der Waals surface area contributed by atoms with Crippen molar-refractivity contribution >= 4 is 11.6 Å². The van der Waals surface area contributed by atoms with Gasteiger partial charge in [0.05, 0.1) is 6.54 Å². The third kappa shape index (κ3) is 2.60. The molecule has 1 N–H and O–H groups in total. The van der Waals surface area contributed by atoms with Gasteiger partial charge in [-0.1, -0.05) is 12.1 Å². The fourth-order valence-corrected chi connectivity index (χ4v) is 2.10. The highest BCUT2D eigenvalue weighted by Gasteiger charge is 2.11. The van der Waals surface area contributed by atoms with Gasteiger partial charge in [0.15, 0.2) is 11.5 Å². The van der Waals surface area contributed by atoms with Crippen molar-refractivity contribution in [3.8, 4) is 0 Å². The molecule has 5 nitrogen and oxygen atoms in total. The van der Waals surface area contributed by atoms with Gasteiger partial charge in [0.25, 0.3) is 5.91 Å². The third-order valence-corrected chi connectivity index (χ3v) is 3.24. The van der Waals surface area contributed by atoms with Gasteiger partial charge in [-0.3, -0.25) is 9.20 Å². The van der Waals surface area contributed by atoms with Gasteiger partial charge >= 0.3 is 0 Å². The lowest BCUT2D eigenvalue weighted by molar-refractivity contribution is 0.0948. The molecule has 2 heterocycles. The molecule has 1 aromatic carbocycles. The lowest BCUT2D eigenvalue weighted by Gasteiger charge is -2.07. The molecule has 2 aromatic heterocycles. The first-order valence-electron chi connectivity index (χ1n) is 6.48. The van der Waals surface area contributed by atoms with E-state index in [-0.39, 0.29) is 12.5 Å². The summed E-state index contributed by atoms with van der Waals surface area (Å²) in [5.41, 5.74) is 1.76. The van der Waals surface area contributed by atoms with Crippen molar-refractivity contribution in [2.75, 3.05) is 0 Å². The van der Waals surface area contributed by atoms with E-state index >= 15 is 0 Å². The molecule has 0 saturated heterocycles. The van der Waals surface area contributed by atoms with E-state index in [2.05, 4.69) is 15.5 Å². The van der Waals surface area contributed by atoms with Crippen LogP contribution >= 0.6 is 0 Å². The molecule has 21 heavy (non-hydrogen) atoms. The number of hydrogen-bond acceptors (Lipinski definition) is 3. The van der Waals surface area contributed by atoms with Crippen LogP contribution in [-0.2, 0) is 6.54 Å². The molecule has 0 fully saturated rings. The SMILES string of the molecule is Cc1ccc(F)cc1C(=O)NCc1nnc2ccccn12. The fraction of sp³-hybridized carbons (Fsp3) is 0.133. The maximum Gasteiger partial charge on any atom is 0.252 e. The Hall–Kier alpha value is -2.76. The van der Waals surface area contributed by atoms with E-state index < -0.39 is 5.82 Å². The van der Waals surface area contributed by atoms with Crippen LogP contribution in [0.25, 0.3) is 5.65 Å². The highest BCUT2D eigenvalue weighted by Crippen LogP contribution is 2.10. The normalized spacial score (nSPS) is 10.8. The number of pyridine rings is 1. The van der Waals surface area contributed by atoms with E-state index in [9.17, 15) is 9.18 Å². The van der Waals surface area contributed by atoms with Crippen LogP contribution in [0.1, 0.15) is 21.7 Å². The van der Waals surface area contributed by atoms with E-state index in [4.69, 9.17) is 0 Å². The minimum absolute atomic E-state index is 0.222. The molecule has 0 unspecified atom stereocenters. The number of aryl methyl sites for hydroxylation is 1. The topological polar surface area (TPSA) is 59.3 Å². The van der Waals surface area contributed by atoms with Crippen LogP contribution in [0.15, 0.2) is 42.6 Å². The number of aromatic nitrogens is 3. The molecule has 0 bridgehead atoms. The van der Waals surface area contributed by atoms with Crippen molar-refractivity contribution in [1.29, 1.82) is 0 Å². The Labute approximate surface area is 120 Å². The molecule has 0 aliphatic rings. The van der Waals surface area contributed by atoms with Gasteiger partial charge in [0, 0.05) is 11.8 Å². The smallest absolute Gasteiger partial charge is 0.252 e. The largest absolute Gasteiger partial charge is 0.345 e. The average molecular weight is 284 g/mol. The standard InChI is InChI=1S/C15H13FN4O/c1-10-5-6-11(16)8-12(10)15(21)17-9-14-19-18-13-4-2-3-7-20(13)14/h2-8H,9H2,1H3,(H,17,21). The lowest BCUT2D eigenvalue weighted by atomic mass is 10.1. The van der Waals surface area contributed by atoms with Crippen LogP contribution in [0.4, 0.5) is 4.39 Å². The predicted octanol–water partition coefficient (Wildman–Crippen LogP) is 2.11. The molecule has 6 heteroatoms. The predicted molar refractivity (Wildman–Crippen MR) is 75.3 cm³/mol. The first-order chi connectivity index (χ1) is 10.1. The van der Waals surface area contributed by atoms with Gasteiger partial charge in [-0.15, -0.1) is 10.2 Å². The second-order valence-corrected chi connectivity index (χ2v) is 4.69. The second-order valence-electron chi connectivity index (χ2n) is 4.69. The average Bonchev–Trinajstić information content (AvgIpc) is 2.90. The molecule has 0 atom stereocenters. The van der Waals surface area contributed by atoms with Gasteiger partial charge in [0.1, 0.15) is 5.82 Å². The maximum atomic E-state index is 13.2. The van der Waals surface area contributed by atoms with Crippen LogP contribution in [-0.4, -0.2) is 20.5 Å². The zero-order valence-corrected chi connectivity index (χ0v) is 11.4. The van der Waals surface area contributed by atoms with E-state index in [1.165, 1.54) is 12.1 Å². The van der Waals surface area contributed by atoms with Crippen molar-refractivity contribution in [2.24, 2.45) is 0 Å². The number of nitrogens with one attached hydrogen (secondary N) is 1. The Bertz CT molecular complexity index is 812. The monoisotopic (exact) mass is 284 g/mol. The first-order valence-corrected chi connectivity index (χ1v) is 6.48. The van der Waals surface area contributed by atoms with Crippen LogP contribution in [0.2, 0.25) is 0 Å². The summed E-state index contributed by atoms with van der Waals surface area (Å²) in [6.45, 7) is 1.99. The van der Waals surface area contributed by atoms with Crippen LogP contribution in [0.3, 0.4) is 0 Å². The van der Waals surface area contributed by atoms with Gasteiger partial charge in [-0.05, 0) is 36.8 Å². The minimum Gasteiger partial charge on any atom is -0.345 e. The summed E-state index contributed by atoms with van der Waals surface area (Å²) < 4.78 is 15.0. The van der Waals surface area contributed by atoms with Crippen LogP contribution < -0.4 is 5.32 Å². The summed E-state index contributed by atoms with van der Waals surface area (Å²) in [6.07, 6.45) is 1.82. The molecule has 106 valence electrons. The third-order valence-electron chi connectivity index (χ3n) is 3.24. The van der Waals surface area contributed by atoms with Gasteiger partial charge in [-0.2, -0.15) is 0 Å². The zero-order chi connectivity index (χ0) is 14.8. The zero-order valence-electron chi connectivity index (χ0n) is 11.4. The number of carbonyl (C=O) groups is 1. The van der Waals surface area contributed by atoms with E-state index in [1.807, 2.05) is 24.4 Å². The summed E-state index contributed by atoms with van der Waals surface area (Å²) in [5, 5.41) is 10.8. The first kappa shape index (κ1) is 13.2. The van der Waals surface area contributed by atoms with E-state index in [1.54, 1.807) is 17.4 Å². The Balaban J connectivity index is 1.78. The van der Waals surface area contributed by atoms with Crippen molar-refractivity contribution in [2.45, 2.75) is 13.5 Å². The molecule has 0 radical (unpaired) electrons. The summed E-state index contributed by atoms with van der Waals surface area (Å²) in [6, 6.07) is 9.69. The second kappa shape index (κ2) is 5.32. The van der Waals surface area contributed by atoms with Crippen LogP contribution in [0, 0.1) is 12.7 Å². The lowest BCUT2D eigenvalue weighted by Crippen LogP contribution is -2.24. The number of halogens is 1. The number of fused-ring (bicyclic) bond motifs is 1. The number of nitrogens with zero attached hydrogens (tertiary/aromatic N) is 3. The Morgan fingerprint density at radius 3 is 3.00 bits per heavy atom. The Morgan fingerprint density at radius 2 is 2.14 bits per heavy atom. The number of carbonyl (C=O) groups excluding carboxylic acids is 1. The molecule has 0 saturated carbocycles. The van der Waals surface area contributed by atoms with Gasteiger partial charge < -0.3 is 5.32 Å². The van der Waals surface area contributed by atoms with Crippen molar-refractivity contribution in [3.05, 3.63) is 65.4 Å². The number of rotatable bonds is 3. The van der Waals surface area contributed by atoms with Crippen molar-refractivity contribution in [3.63, 3.8) is 0 Å². The molecular formula is C15H13FN4O. The summed E-state index contributed by atoms with van der Waals surface area (Å²) >= 11 is 0. The minimum atomic E-state index is -0.432. The number of benzene rings is 1. The molecule has 0 aliphatic heterocycles. The molecule has 3 aromatic rings. The van der Waals surface area contributed by atoms with Gasteiger partial charge in [0.2, 0.25) is 0 Å². The molecule has 0 spiro atoms. The van der Waals surface area contributed by atoms with E-state index in [0.717, 1.165) is 5.56 Å².